The summed E-state index contributed by atoms with van der Waals surface area (Å²) in [7, 11) is 0. The Hall–Kier alpha value is -2.82. The number of hydrogen-bond donors (Lipinski definition) is 2. The van der Waals surface area contributed by atoms with Crippen LogP contribution in [0.5, 0.6) is 0 Å². The molecule has 0 saturated carbocycles. The fourth-order valence-electron chi connectivity index (χ4n) is 3.24. The van der Waals surface area contributed by atoms with Gasteiger partial charge in [0.1, 0.15) is 0 Å². The lowest BCUT2D eigenvalue weighted by Crippen LogP contribution is -2.34. The van der Waals surface area contributed by atoms with Crippen LogP contribution in [0.1, 0.15) is 32.8 Å². The van der Waals surface area contributed by atoms with Crippen LogP contribution in [-0.2, 0) is 10.2 Å². The average Bonchev–Trinajstić information content (AvgIpc) is 3.01. The molecule has 0 radical (unpaired) electrons. The SMILES string of the molecule is CC(C)(C)c1ccc(NC(=O)NC[C@@H]2CC(=O)N(c3ccccc3)C2)cc1. The number of amides is 3. The van der Waals surface area contributed by atoms with Crippen LogP contribution in [0.2, 0.25) is 0 Å². The number of hydrogen-bond acceptors (Lipinski definition) is 2. The molecule has 0 unspecified atom stereocenters. The predicted molar refractivity (Wildman–Crippen MR) is 109 cm³/mol. The van der Waals surface area contributed by atoms with Gasteiger partial charge in [0, 0.05) is 36.8 Å². The van der Waals surface area contributed by atoms with E-state index in [9.17, 15) is 9.59 Å². The van der Waals surface area contributed by atoms with E-state index < -0.39 is 0 Å². The number of rotatable bonds is 4. The molecule has 3 rings (SSSR count). The number of nitrogens with zero attached hydrogens (tertiary/aromatic N) is 1. The van der Waals surface area contributed by atoms with Crippen LogP contribution in [0.15, 0.2) is 54.6 Å². The highest BCUT2D eigenvalue weighted by atomic mass is 16.2. The van der Waals surface area contributed by atoms with E-state index >= 15 is 0 Å². The molecule has 1 heterocycles. The van der Waals surface area contributed by atoms with Crippen molar-refractivity contribution in [1.82, 2.24) is 5.32 Å². The Bertz CT molecular complexity index is 795. The Kier molecular flexibility index (Phi) is 5.49. The predicted octanol–water partition coefficient (Wildman–Crippen LogP) is 4.16. The van der Waals surface area contributed by atoms with E-state index in [-0.39, 0.29) is 23.3 Å². The second-order valence-corrected chi connectivity index (χ2v) is 8.07. The lowest BCUT2D eigenvalue weighted by molar-refractivity contribution is -0.117. The number of benzene rings is 2. The van der Waals surface area contributed by atoms with Gasteiger partial charge in [-0.25, -0.2) is 4.79 Å². The van der Waals surface area contributed by atoms with Crippen LogP contribution in [0.25, 0.3) is 0 Å². The van der Waals surface area contributed by atoms with Crippen LogP contribution in [-0.4, -0.2) is 25.0 Å². The monoisotopic (exact) mass is 365 g/mol. The van der Waals surface area contributed by atoms with Crippen molar-refractivity contribution in [2.45, 2.75) is 32.6 Å². The standard InChI is InChI=1S/C22H27N3O2/c1-22(2,3)17-9-11-18(12-10-17)24-21(27)23-14-16-13-20(26)25(15-16)19-7-5-4-6-8-19/h4-12,16H,13-15H2,1-3H3,(H2,23,24,27)/t16-/m0/s1. The summed E-state index contributed by atoms with van der Waals surface area (Å²) >= 11 is 0. The highest BCUT2D eigenvalue weighted by Gasteiger charge is 2.30. The lowest BCUT2D eigenvalue weighted by Gasteiger charge is -2.19. The first kappa shape index (κ1) is 19.0. The minimum Gasteiger partial charge on any atom is -0.338 e. The zero-order chi connectivity index (χ0) is 19.4. The molecule has 0 aliphatic carbocycles. The third-order valence-corrected chi connectivity index (χ3v) is 4.83. The second-order valence-electron chi connectivity index (χ2n) is 8.07. The molecule has 1 saturated heterocycles. The van der Waals surface area contributed by atoms with Crippen molar-refractivity contribution in [3.05, 3.63) is 60.2 Å². The molecule has 2 N–H and O–H groups in total. The van der Waals surface area contributed by atoms with Gasteiger partial charge in [-0.3, -0.25) is 4.79 Å². The van der Waals surface area contributed by atoms with Crippen molar-refractivity contribution < 1.29 is 9.59 Å². The molecule has 142 valence electrons. The van der Waals surface area contributed by atoms with E-state index in [1.165, 1.54) is 5.56 Å². The topological polar surface area (TPSA) is 61.4 Å². The summed E-state index contributed by atoms with van der Waals surface area (Å²) < 4.78 is 0. The summed E-state index contributed by atoms with van der Waals surface area (Å²) in [4.78, 5) is 26.2. The Morgan fingerprint density at radius 2 is 1.74 bits per heavy atom. The van der Waals surface area contributed by atoms with E-state index in [2.05, 4.69) is 31.4 Å². The summed E-state index contributed by atoms with van der Waals surface area (Å²) in [6.07, 6.45) is 0.454. The Morgan fingerprint density at radius 1 is 1.07 bits per heavy atom. The molecule has 27 heavy (non-hydrogen) atoms. The molecule has 1 aliphatic rings. The summed E-state index contributed by atoms with van der Waals surface area (Å²) in [5.41, 5.74) is 2.97. The Labute approximate surface area is 160 Å². The summed E-state index contributed by atoms with van der Waals surface area (Å²) in [5, 5.41) is 5.73. The largest absolute Gasteiger partial charge is 0.338 e. The van der Waals surface area contributed by atoms with Gasteiger partial charge >= 0.3 is 6.03 Å². The maximum absolute atomic E-state index is 12.2. The molecule has 2 aromatic rings. The second kappa shape index (κ2) is 7.82. The van der Waals surface area contributed by atoms with Gasteiger partial charge in [0.15, 0.2) is 0 Å². The minimum atomic E-state index is -0.246. The highest BCUT2D eigenvalue weighted by Crippen LogP contribution is 2.25. The number of carbonyl (C=O) groups is 2. The van der Waals surface area contributed by atoms with Gasteiger partial charge in [-0.15, -0.1) is 0 Å². The first-order valence-corrected chi connectivity index (χ1v) is 9.34. The first-order chi connectivity index (χ1) is 12.8. The maximum Gasteiger partial charge on any atom is 0.319 e. The van der Waals surface area contributed by atoms with Crippen molar-refractivity contribution in [3.8, 4) is 0 Å². The smallest absolute Gasteiger partial charge is 0.319 e. The van der Waals surface area contributed by atoms with Gasteiger partial charge < -0.3 is 15.5 Å². The van der Waals surface area contributed by atoms with E-state index in [4.69, 9.17) is 0 Å². The van der Waals surface area contributed by atoms with E-state index in [0.717, 1.165) is 11.4 Å². The number of para-hydroxylation sites is 1. The van der Waals surface area contributed by atoms with Crippen LogP contribution in [0, 0.1) is 5.92 Å². The van der Waals surface area contributed by atoms with Gasteiger partial charge in [0.25, 0.3) is 0 Å². The fraction of sp³-hybridized carbons (Fsp3) is 0.364. The van der Waals surface area contributed by atoms with Gasteiger partial charge in [-0.05, 0) is 35.2 Å². The molecule has 0 aromatic heterocycles. The normalized spacial score (nSPS) is 17.1. The quantitative estimate of drug-likeness (QED) is 0.855. The molecular weight excluding hydrogens is 338 g/mol. The van der Waals surface area contributed by atoms with E-state index in [1.54, 1.807) is 4.90 Å². The van der Waals surface area contributed by atoms with Crippen molar-refractivity contribution in [3.63, 3.8) is 0 Å². The van der Waals surface area contributed by atoms with Crippen LogP contribution >= 0.6 is 0 Å². The lowest BCUT2D eigenvalue weighted by atomic mass is 9.87. The fourth-order valence-corrected chi connectivity index (χ4v) is 3.24. The van der Waals surface area contributed by atoms with Gasteiger partial charge in [-0.2, -0.15) is 0 Å². The molecule has 3 amide bonds. The Morgan fingerprint density at radius 3 is 2.37 bits per heavy atom. The number of urea groups is 1. The van der Waals surface area contributed by atoms with Crippen molar-refractivity contribution in [2.24, 2.45) is 5.92 Å². The molecule has 1 atom stereocenters. The van der Waals surface area contributed by atoms with Gasteiger partial charge in [0.05, 0.1) is 0 Å². The molecule has 0 spiro atoms. The van der Waals surface area contributed by atoms with E-state index in [1.807, 2.05) is 54.6 Å². The molecule has 2 aromatic carbocycles. The van der Waals surface area contributed by atoms with Gasteiger partial charge in [0.2, 0.25) is 5.91 Å². The van der Waals surface area contributed by atoms with Gasteiger partial charge in [-0.1, -0.05) is 51.1 Å². The molecule has 0 bridgehead atoms. The van der Waals surface area contributed by atoms with Crippen molar-refractivity contribution >= 4 is 23.3 Å². The molecule has 1 fully saturated rings. The summed E-state index contributed by atoms with van der Waals surface area (Å²) in [5.74, 6) is 0.220. The van der Waals surface area contributed by atoms with Crippen molar-refractivity contribution in [2.75, 3.05) is 23.3 Å². The van der Waals surface area contributed by atoms with Crippen LogP contribution in [0.3, 0.4) is 0 Å². The maximum atomic E-state index is 12.2. The first-order valence-electron chi connectivity index (χ1n) is 9.34. The number of nitrogens with one attached hydrogen (secondary N) is 2. The third-order valence-electron chi connectivity index (χ3n) is 4.83. The molecular formula is C22H27N3O2. The highest BCUT2D eigenvalue weighted by molar-refractivity contribution is 5.96. The summed E-state index contributed by atoms with van der Waals surface area (Å²) in [6.45, 7) is 7.57. The summed E-state index contributed by atoms with van der Waals surface area (Å²) in [6, 6.07) is 17.3. The molecule has 5 nitrogen and oxygen atoms in total. The number of carbonyl (C=O) groups excluding carboxylic acids is 2. The zero-order valence-electron chi connectivity index (χ0n) is 16.2. The number of anilines is 2. The molecule has 1 aliphatic heterocycles. The van der Waals surface area contributed by atoms with E-state index in [0.29, 0.717) is 19.5 Å². The molecule has 5 heteroatoms. The Balaban J connectivity index is 1.49. The average molecular weight is 365 g/mol. The third kappa shape index (κ3) is 4.88. The van der Waals surface area contributed by atoms with Crippen LogP contribution < -0.4 is 15.5 Å². The zero-order valence-corrected chi connectivity index (χ0v) is 16.2. The van der Waals surface area contributed by atoms with Crippen molar-refractivity contribution in [1.29, 1.82) is 0 Å². The van der Waals surface area contributed by atoms with Crippen LogP contribution in [0.4, 0.5) is 16.2 Å². The minimum absolute atomic E-state index is 0.0838.